The van der Waals surface area contributed by atoms with Gasteiger partial charge in [-0.25, -0.2) is 13.1 Å². The molecule has 2 aromatic rings. The third-order valence-electron chi connectivity index (χ3n) is 3.43. The van der Waals surface area contributed by atoms with Crippen LogP contribution < -0.4 is 10.0 Å². The van der Waals surface area contributed by atoms with Crippen molar-refractivity contribution in [3.63, 3.8) is 0 Å². The Bertz CT molecular complexity index is 886. The van der Waals surface area contributed by atoms with Crippen molar-refractivity contribution in [1.82, 2.24) is 4.72 Å². The average Bonchev–Trinajstić information content (AvgIpc) is 2.79. The number of anilines is 1. The molecule has 0 atom stereocenters. The van der Waals surface area contributed by atoms with Crippen molar-refractivity contribution < 1.29 is 17.6 Å². The Hall–Kier alpha value is -1.90. The van der Waals surface area contributed by atoms with Gasteiger partial charge in [0.15, 0.2) is 0 Å². The van der Waals surface area contributed by atoms with Crippen molar-refractivity contribution in [2.45, 2.75) is 19.6 Å². The van der Waals surface area contributed by atoms with E-state index in [0.717, 1.165) is 0 Å². The van der Waals surface area contributed by atoms with E-state index in [2.05, 4.69) is 32.5 Å². The molecule has 134 valence electrons. The lowest BCUT2D eigenvalue weighted by atomic mass is 10.2. The lowest BCUT2D eigenvalue weighted by molar-refractivity contribution is 0.102. The summed E-state index contributed by atoms with van der Waals surface area (Å²) in [5, 5.41) is 2.77. The number of furan rings is 1. The average molecular weight is 427 g/mol. The van der Waals surface area contributed by atoms with Gasteiger partial charge in [-0.15, -0.1) is 6.58 Å². The Kier molecular flexibility index (Phi) is 6.21. The molecule has 0 spiro atoms. The largest absolute Gasteiger partial charge is 0.465 e. The molecule has 1 aromatic carbocycles. The minimum Gasteiger partial charge on any atom is -0.465 e. The first kappa shape index (κ1) is 19.4. The summed E-state index contributed by atoms with van der Waals surface area (Å²) in [5.41, 5.74) is 1.62. The van der Waals surface area contributed by atoms with Crippen LogP contribution in [0.4, 0.5) is 5.69 Å². The lowest BCUT2D eigenvalue weighted by Crippen LogP contribution is -2.25. The fourth-order valence-corrected chi connectivity index (χ4v) is 3.90. The summed E-state index contributed by atoms with van der Waals surface area (Å²) in [6.45, 7) is 7.15. The Morgan fingerprint density at radius 3 is 2.40 bits per heavy atom. The van der Waals surface area contributed by atoms with Crippen molar-refractivity contribution in [3.8, 4) is 0 Å². The summed E-state index contributed by atoms with van der Waals surface area (Å²) in [4.78, 5) is 12.4. The summed E-state index contributed by atoms with van der Waals surface area (Å²) >= 11 is 3.34. The fraction of sp³-hybridized carbons (Fsp3) is 0.235. The number of carbonyl (C=O) groups excluding carboxylic acids is 1. The summed E-state index contributed by atoms with van der Waals surface area (Å²) in [6, 6.07) is 6.63. The van der Waals surface area contributed by atoms with E-state index in [0.29, 0.717) is 32.8 Å². The van der Waals surface area contributed by atoms with Crippen LogP contribution in [0.2, 0.25) is 0 Å². The van der Waals surface area contributed by atoms with Gasteiger partial charge in [0.25, 0.3) is 5.91 Å². The maximum Gasteiger partial charge on any atom is 0.260 e. The second-order valence-electron chi connectivity index (χ2n) is 5.45. The number of nitrogens with one attached hydrogen (secondary N) is 2. The first-order chi connectivity index (χ1) is 11.7. The SMILES string of the molecule is C=CCNS(=O)(=O)Cc1ccc(NC(=O)c2c(C)oc(C)c2Br)cc1. The molecule has 0 saturated carbocycles. The van der Waals surface area contributed by atoms with Gasteiger partial charge in [-0.1, -0.05) is 18.2 Å². The fourth-order valence-electron chi connectivity index (χ4n) is 2.25. The molecular formula is C17H19BrN2O4S. The van der Waals surface area contributed by atoms with Crippen LogP contribution in [0, 0.1) is 13.8 Å². The van der Waals surface area contributed by atoms with Crippen molar-refractivity contribution in [3.05, 3.63) is 64.0 Å². The van der Waals surface area contributed by atoms with E-state index in [9.17, 15) is 13.2 Å². The lowest BCUT2D eigenvalue weighted by Gasteiger charge is -2.08. The number of sulfonamides is 1. The number of halogens is 1. The second-order valence-corrected chi connectivity index (χ2v) is 8.05. The number of benzene rings is 1. The number of rotatable bonds is 7. The van der Waals surface area contributed by atoms with Gasteiger partial charge < -0.3 is 9.73 Å². The van der Waals surface area contributed by atoms with E-state index in [-0.39, 0.29) is 18.2 Å². The van der Waals surface area contributed by atoms with E-state index in [4.69, 9.17) is 4.42 Å². The molecule has 0 unspecified atom stereocenters. The van der Waals surface area contributed by atoms with Gasteiger partial charge in [0.05, 0.1) is 15.8 Å². The third kappa shape index (κ3) is 5.04. The molecule has 2 N–H and O–H groups in total. The molecule has 0 aliphatic heterocycles. The number of carbonyl (C=O) groups is 1. The third-order valence-corrected chi connectivity index (χ3v) is 5.70. The van der Waals surface area contributed by atoms with Gasteiger partial charge in [0.1, 0.15) is 11.5 Å². The van der Waals surface area contributed by atoms with E-state index in [1.165, 1.54) is 6.08 Å². The van der Waals surface area contributed by atoms with E-state index < -0.39 is 10.0 Å². The maximum absolute atomic E-state index is 12.4. The monoisotopic (exact) mass is 426 g/mol. The molecule has 25 heavy (non-hydrogen) atoms. The van der Waals surface area contributed by atoms with Crippen LogP contribution in [0.3, 0.4) is 0 Å². The van der Waals surface area contributed by atoms with Crippen molar-refractivity contribution in [2.75, 3.05) is 11.9 Å². The molecule has 0 radical (unpaired) electrons. The van der Waals surface area contributed by atoms with Gasteiger partial charge in [-0.05, 0) is 47.5 Å². The first-order valence-electron chi connectivity index (χ1n) is 7.47. The molecule has 0 fully saturated rings. The summed E-state index contributed by atoms with van der Waals surface area (Å²) in [5.74, 6) is 0.725. The molecule has 1 heterocycles. The molecule has 0 aliphatic carbocycles. The molecule has 0 aliphatic rings. The Labute approximate surface area is 155 Å². The van der Waals surface area contributed by atoms with Crippen LogP contribution in [-0.2, 0) is 15.8 Å². The molecule has 1 amide bonds. The van der Waals surface area contributed by atoms with Gasteiger partial charge in [-0.3, -0.25) is 4.79 Å². The van der Waals surface area contributed by atoms with Crippen LogP contribution in [0.15, 0.2) is 45.8 Å². The molecule has 2 rings (SSSR count). The highest BCUT2D eigenvalue weighted by atomic mass is 79.9. The first-order valence-corrected chi connectivity index (χ1v) is 9.92. The predicted molar refractivity (Wildman–Crippen MR) is 101 cm³/mol. The highest BCUT2D eigenvalue weighted by Gasteiger charge is 2.20. The minimum atomic E-state index is -3.41. The predicted octanol–water partition coefficient (Wildman–Crippen LogP) is 3.52. The Morgan fingerprint density at radius 1 is 1.24 bits per heavy atom. The van der Waals surface area contributed by atoms with E-state index in [1.807, 2.05) is 0 Å². The Balaban J connectivity index is 2.07. The highest BCUT2D eigenvalue weighted by Crippen LogP contribution is 2.28. The number of hydrogen-bond acceptors (Lipinski definition) is 4. The van der Waals surface area contributed by atoms with Gasteiger partial charge in [0, 0.05) is 12.2 Å². The zero-order valence-electron chi connectivity index (χ0n) is 13.9. The second kappa shape index (κ2) is 7.99. The molecule has 6 nitrogen and oxygen atoms in total. The van der Waals surface area contributed by atoms with Crippen molar-refractivity contribution in [2.24, 2.45) is 0 Å². The van der Waals surface area contributed by atoms with Crippen LogP contribution in [0.25, 0.3) is 0 Å². The summed E-state index contributed by atoms with van der Waals surface area (Å²) in [7, 11) is -3.41. The van der Waals surface area contributed by atoms with Crippen molar-refractivity contribution in [1.29, 1.82) is 0 Å². The minimum absolute atomic E-state index is 0.138. The quantitative estimate of drug-likeness (QED) is 0.662. The highest BCUT2D eigenvalue weighted by molar-refractivity contribution is 9.10. The van der Waals surface area contributed by atoms with Gasteiger partial charge in [0.2, 0.25) is 10.0 Å². The normalized spacial score (nSPS) is 11.3. The summed E-state index contributed by atoms with van der Waals surface area (Å²) < 4.78 is 32.1. The van der Waals surface area contributed by atoms with Crippen molar-refractivity contribution >= 4 is 37.5 Å². The topological polar surface area (TPSA) is 88.4 Å². The van der Waals surface area contributed by atoms with Gasteiger partial charge >= 0.3 is 0 Å². The number of amides is 1. The Morgan fingerprint density at radius 2 is 1.88 bits per heavy atom. The van der Waals surface area contributed by atoms with Crippen LogP contribution in [0.5, 0.6) is 0 Å². The van der Waals surface area contributed by atoms with E-state index in [1.54, 1.807) is 38.1 Å². The molecule has 0 bridgehead atoms. The summed E-state index contributed by atoms with van der Waals surface area (Å²) in [6.07, 6.45) is 1.48. The molecular weight excluding hydrogens is 408 g/mol. The maximum atomic E-state index is 12.4. The zero-order chi connectivity index (χ0) is 18.6. The zero-order valence-corrected chi connectivity index (χ0v) is 16.3. The van der Waals surface area contributed by atoms with Crippen LogP contribution >= 0.6 is 15.9 Å². The van der Waals surface area contributed by atoms with Gasteiger partial charge in [-0.2, -0.15) is 0 Å². The standard InChI is InChI=1S/C17H19BrN2O4S/c1-4-9-19-25(22,23)10-13-5-7-14(8-6-13)20-17(21)15-11(2)24-12(3)16(15)18/h4-8,19H,1,9-10H2,2-3H3,(H,20,21). The number of aryl methyl sites for hydroxylation is 2. The molecule has 8 heteroatoms. The van der Waals surface area contributed by atoms with Crippen LogP contribution in [0.1, 0.15) is 27.4 Å². The molecule has 1 aromatic heterocycles. The van der Waals surface area contributed by atoms with Crippen LogP contribution in [-0.4, -0.2) is 20.9 Å². The molecule has 0 saturated heterocycles. The number of hydrogen-bond donors (Lipinski definition) is 2. The smallest absolute Gasteiger partial charge is 0.260 e. The van der Waals surface area contributed by atoms with E-state index >= 15 is 0 Å².